The molecule has 21 heavy (non-hydrogen) atoms. The molecule has 114 valence electrons. The third-order valence-corrected chi connectivity index (χ3v) is 2.92. The van der Waals surface area contributed by atoms with Crippen LogP contribution in [0.25, 0.3) is 0 Å². The lowest BCUT2D eigenvalue weighted by Gasteiger charge is -2.22. The minimum absolute atomic E-state index is 0.123. The van der Waals surface area contributed by atoms with E-state index in [1.165, 1.54) is 12.1 Å². The number of aryl methyl sites for hydroxylation is 1. The van der Waals surface area contributed by atoms with E-state index in [1.807, 2.05) is 0 Å². The van der Waals surface area contributed by atoms with E-state index in [9.17, 15) is 18.0 Å². The van der Waals surface area contributed by atoms with E-state index >= 15 is 0 Å². The molecule has 2 rings (SSSR count). The van der Waals surface area contributed by atoms with Crippen LogP contribution in [0.1, 0.15) is 5.56 Å². The molecule has 0 unspecified atom stereocenters. The molecule has 1 heterocycles. The molecule has 0 spiro atoms. The van der Waals surface area contributed by atoms with Crippen LogP contribution >= 0.6 is 11.6 Å². The van der Waals surface area contributed by atoms with Crippen molar-refractivity contribution in [2.24, 2.45) is 0 Å². The van der Waals surface area contributed by atoms with Crippen molar-refractivity contribution in [3.8, 4) is 0 Å². The summed E-state index contributed by atoms with van der Waals surface area (Å²) in [5.41, 5.74) is 0.953. The number of carbonyl (C=O) groups excluding carboxylic acids is 1. The zero-order valence-electron chi connectivity index (χ0n) is 10.9. The number of anilines is 1. The van der Waals surface area contributed by atoms with E-state index in [4.69, 9.17) is 16.3 Å². The summed E-state index contributed by atoms with van der Waals surface area (Å²) in [6, 6.07) is 4.59. The Bertz CT molecular complexity index is 599. The molecular weight excluding hydrogens is 311 g/mol. The number of hydrogen-bond acceptors (Lipinski definition) is 3. The summed E-state index contributed by atoms with van der Waals surface area (Å²) in [4.78, 5) is 12.0. The van der Waals surface area contributed by atoms with E-state index in [1.54, 1.807) is 13.0 Å². The van der Waals surface area contributed by atoms with Crippen LogP contribution in [0.3, 0.4) is 0 Å². The second kappa shape index (κ2) is 5.85. The lowest BCUT2D eigenvalue weighted by atomic mass is 10.2. The molecule has 1 aromatic carbocycles. The smallest absolute Gasteiger partial charge is 0.453 e. The van der Waals surface area contributed by atoms with Gasteiger partial charge in [-0.1, -0.05) is 11.6 Å². The minimum Gasteiger partial charge on any atom is -0.483 e. The Morgan fingerprint density at radius 2 is 1.95 bits per heavy atom. The van der Waals surface area contributed by atoms with Crippen molar-refractivity contribution in [3.05, 3.63) is 40.3 Å². The Morgan fingerprint density at radius 3 is 2.57 bits per heavy atom. The summed E-state index contributed by atoms with van der Waals surface area (Å²) in [5.74, 6) is -3.31. The van der Waals surface area contributed by atoms with Crippen molar-refractivity contribution in [3.63, 3.8) is 0 Å². The molecule has 4 nitrogen and oxygen atoms in total. The Balaban J connectivity index is 2.27. The summed E-state index contributed by atoms with van der Waals surface area (Å²) in [6.45, 7) is 1.28. The van der Waals surface area contributed by atoms with Crippen molar-refractivity contribution in [1.29, 1.82) is 0 Å². The van der Waals surface area contributed by atoms with E-state index < -0.39 is 23.6 Å². The third-order valence-electron chi connectivity index (χ3n) is 2.68. The molecule has 1 aliphatic heterocycles. The minimum atomic E-state index is -4.79. The summed E-state index contributed by atoms with van der Waals surface area (Å²) in [7, 11) is 0. The first-order valence-electron chi connectivity index (χ1n) is 5.93. The Labute approximate surface area is 123 Å². The SMILES string of the molecule is Cc1cc(Cl)ccc1NC(=O)C1=C(C(F)(F)F)OCCO1. The molecule has 1 aromatic rings. The summed E-state index contributed by atoms with van der Waals surface area (Å²) in [6.07, 6.45) is -4.79. The lowest BCUT2D eigenvalue weighted by Crippen LogP contribution is -2.30. The van der Waals surface area contributed by atoms with E-state index in [0.29, 0.717) is 16.3 Å². The van der Waals surface area contributed by atoms with Gasteiger partial charge in [0, 0.05) is 10.7 Å². The van der Waals surface area contributed by atoms with Gasteiger partial charge < -0.3 is 14.8 Å². The van der Waals surface area contributed by atoms with Crippen LogP contribution in [0.15, 0.2) is 29.7 Å². The molecule has 8 heteroatoms. The molecule has 0 aliphatic carbocycles. The largest absolute Gasteiger partial charge is 0.483 e. The number of alkyl halides is 3. The van der Waals surface area contributed by atoms with Crippen molar-refractivity contribution < 1.29 is 27.4 Å². The molecule has 1 aliphatic rings. The van der Waals surface area contributed by atoms with Gasteiger partial charge in [-0.25, -0.2) is 0 Å². The number of carbonyl (C=O) groups is 1. The summed E-state index contributed by atoms with van der Waals surface area (Å²) < 4.78 is 47.6. The zero-order valence-corrected chi connectivity index (χ0v) is 11.6. The fourth-order valence-corrected chi connectivity index (χ4v) is 1.97. The predicted molar refractivity (Wildman–Crippen MR) is 69.8 cm³/mol. The number of halogens is 4. The van der Waals surface area contributed by atoms with Crippen LogP contribution in [0.2, 0.25) is 5.02 Å². The molecule has 0 aromatic heterocycles. The van der Waals surface area contributed by atoms with Crippen LogP contribution in [-0.2, 0) is 14.3 Å². The molecule has 0 saturated heterocycles. The van der Waals surface area contributed by atoms with Crippen LogP contribution in [0.4, 0.5) is 18.9 Å². The van der Waals surface area contributed by atoms with E-state index in [2.05, 4.69) is 10.1 Å². The maximum atomic E-state index is 12.8. The first kappa shape index (κ1) is 15.5. The highest BCUT2D eigenvalue weighted by molar-refractivity contribution is 6.30. The second-order valence-corrected chi connectivity index (χ2v) is 4.70. The molecule has 0 radical (unpaired) electrons. The molecule has 1 N–H and O–H groups in total. The van der Waals surface area contributed by atoms with E-state index in [-0.39, 0.29) is 13.2 Å². The maximum absolute atomic E-state index is 12.8. The number of hydrogen-bond donors (Lipinski definition) is 1. The van der Waals surface area contributed by atoms with Crippen molar-refractivity contribution in [1.82, 2.24) is 0 Å². The standard InChI is InChI=1S/C13H11ClF3NO3/c1-7-6-8(14)2-3-9(7)18-12(19)10-11(13(15,16)17)21-5-4-20-10/h2-3,6H,4-5H2,1H3,(H,18,19). The van der Waals surface area contributed by atoms with Gasteiger partial charge >= 0.3 is 6.18 Å². The van der Waals surface area contributed by atoms with E-state index in [0.717, 1.165) is 0 Å². The van der Waals surface area contributed by atoms with Gasteiger partial charge in [-0.05, 0) is 30.7 Å². The first-order valence-corrected chi connectivity index (χ1v) is 6.31. The maximum Gasteiger partial charge on any atom is 0.453 e. The van der Waals surface area contributed by atoms with Gasteiger partial charge in [0.1, 0.15) is 13.2 Å². The monoisotopic (exact) mass is 321 g/mol. The van der Waals surface area contributed by atoms with Crippen molar-refractivity contribution in [2.45, 2.75) is 13.1 Å². The highest BCUT2D eigenvalue weighted by Crippen LogP contribution is 2.32. The molecule has 0 fully saturated rings. The Kier molecular flexibility index (Phi) is 4.32. The molecule has 0 atom stereocenters. The number of nitrogens with one attached hydrogen (secondary N) is 1. The predicted octanol–water partition coefficient (Wildman–Crippen LogP) is 3.41. The number of amides is 1. The quantitative estimate of drug-likeness (QED) is 0.908. The number of allylic oxidation sites excluding steroid dienone is 1. The second-order valence-electron chi connectivity index (χ2n) is 4.27. The molecule has 0 bridgehead atoms. The molecule has 0 saturated carbocycles. The zero-order chi connectivity index (χ0) is 15.6. The average Bonchev–Trinajstić information content (AvgIpc) is 2.41. The number of benzene rings is 1. The molecular formula is C13H11ClF3NO3. The van der Waals surface area contributed by atoms with Gasteiger partial charge in [0.25, 0.3) is 5.91 Å². The first-order chi connectivity index (χ1) is 9.79. The fourth-order valence-electron chi connectivity index (χ4n) is 1.74. The van der Waals surface area contributed by atoms with Crippen LogP contribution in [0.5, 0.6) is 0 Å². The third kappa shape index (κ3) is 3.60. The van der Waals surface area contributed by atoms with Gasteiger partial charge in [-0.15, -0.1) is 0 Å². The summed E-state index contributed by atoms with van der Waals surface area (Å²) >= 11 is 5.77. The number of ether oxygens (including phenoxy) is 2. The Morgan fingerprint density at radius 1 is 1.29 bits per heavy atom. The van der Waals surface area contributed by atoms with Gasteiger partial charge in [0.15, 0.2) is 0 Å². The van der Waals surface area contributed by atoms with Crippen molar-refractivity contribution in [2.75, 3.05) is 18.5 Å². The van der Waals surface area contributed by atoms with Crippen LogP contribution in [0, 0.1) is 6.92 Å². The van der Waals surface area contributed by atoms with Gasteiger partial charge in [-0.3, -0.25) is 4.79 Å². The number of rotatable bonds is 2. The highest BCUT2D eigenvalue weighted by atomic mass is 35.5. The van der Waals surface area contributed by atoms with Crippen molar-refractivity contribution >= 4 is 23.2 Å². The lowest BCUT2D eigenvalue weighted by molar-refractivity contribution is -0.151. The topological polar surface area (TPSA) is 47.6 Å². The highest BCUT2D eigenvalue weighted by Gasteiger charge is 2.43. The summed E-state index contributed by atoms with van der Waals surface area (Å²) in [5, 5.41) is 2.81. The van der Waals surface area contributed by atoms with Crippen LogP contribution in [-0.4, -0.2) is 25.3 Å². The fraction of sp³-hybridized carbons (Fsp3) is 0.308. The van der Waals surface area contributed by atoms with Gasteiger partial charge in [0.2, 0.25) is 11.5 Å². The van der Waals surface area contributed by atoms with Gasteiger partial charge in [-0.2, -0.15) is 13.2 Å². The Hall–Kier alpha value is -1.89. The van der Waals surface area contributed by atoms with Gasteiger partial charge in [0.05, 0.1) is 0 Å². The molecule has 1 amide bonds. The average molecular weight is 322 g/mol. The normalized spacial score (nSPS) is 15.3. The van der Waals surface area contributed by atoms with Crippen LogP contribution < -0.4 is 5.32 Å².